The summed E-state index contributed by atoms with van der Waals surface area (Å²) in [4.78, 5) is 35.7. The SMILES string of the molecule is CC1(C)Cc2nc3nc(SCC(=O)NCc4ccccc4)n(-c4ccccc4)c(=O)c3cc2CO1. The Kier molecular flexibility index (Phi) is 6.40. The van der Waals surface area contributed by atoms with Gasteiger partial charge in [0.05, 0.1) is 34.7 Å². The minimum atomic E-state index is -0.318. The highest BCUT2D eigenvalue weighted by molar-refractivity contribution is 7.99. The highest BCUT2D eigenvalue weighted by Crippen LogP contribution is 2.29. The normalized spacial score (nSPS) is 14.5. The van der Waals surface area contributed by atoms with Crippen molar-refractivity contribution < 1.29 is 9.53 Å². The van der Waals surface area contributed by atoms with Crippen LogP contribution in [0.1, 0.15) is 30.7 Å². The first-order valence-electron chi connectivity index (χ1n) is 11.5. The summed E-state index contributed by atoms with van der Waals surface area (Å²) in [6.07, 6.45) is 0.645. The number of thioether (sulfide) groups is 1. The minimum Gasteiger partial charge on any atom is -0.370 e. The Morgan fingerprint density at radius 3 is 2.54 bits per heavy atom. The van der Waals surface area contributed by atoms with Gasteiger partial charge in [-0.25, -0.2) is 9.97 Å². The maximum atomic E-state index is 13.6. The molecular weight excluding hydrogens is 460 g/mol. The number of hydrogen-bond donors (Lipinski definition) is 1. The fraction of sp³-hybridized carbons (Fsp3) is 0.259. The van der Waals surface area contributed by atoms with Crippen molar-refractivity contribution in [3.8, 4) is 5.69 Å². The molecule has 4 aromatic rings. The number of aromatic nitrogens is 3. The highest BCUT2D eigenvalue weighted by Gasteiger charge is 2.28. The molecule has 0 saturated carbocycles. The number of ether oxygens (including phenoxy) is 1. The predicted octanol–water partition coefficient (Wildman–Crippen LogP) is 4.04. The first kappa shape index (κ1) is 23.3. The van der Waals surface area contributed by atoms with Gasteiger partial charge in [0.25, 0.3) is 5.56 Å². The Hall–Kier alpha value is -3.49. The van der Waals surface area contributed by atoms with Gasteiger partial charge in [0.15, 0.2) is 10.8 Å². The molecule has 178 valence electrons. The number of carbonyl (C=O) groups excluding carboxylic acids is 1. The number of nitrogens with zero attached hydrogens (tertiary/aromatic N) is 3. The third-order valence-electron chi connectivity index (χ3n) is 5.89. The van der Waals surface area contributed by atoms with Gasteiger partial charge in [0.1, 0.15) is 0 Å². The Bertz CT molecular complexity index is 1440. The molecular formula is C27H26N4O3S. The van der Waals surface area contributed by atoms with Crippen LogP contribution < -0.4 is 10.9 Å². The van der Waals surface area contributed by atoms with E-state index in [4.69, 9.17) is 14.7 Å². The molecule has 1 N–H and O–H groups in total. The lowest BCUT2D eigenvalue weighted by Gasteiger charge is -2.31. The van der Waals surface area contributed by atoms with Crippen molar-refractivity contribution in [2.24, 2.45) is 0 Å². The molecule has 5 rings (SSSR count). The maximum absolute atomic E-state index is 13.6. The van der Waals surface area contributed by atoms with Crippen LogP contribution in [0.5, 0.6) is 0 Å². The van der Waals surface area contributed by atoms with Gasteiger partial charge in [-0.2, -0.15) is 0 Å². The molecule has 1 amide bonds. The summed E-state index contributed by atoms with van der Waals surface area (Å²) in [5.41, 5.74) is 3.39. The lowest BCUT2D eigenvalue weighted by atomic mass is 9.95. The van der Waals surface area contributed by atoms with Crippen LogP contribution in [0.3, 0.4) is 0 Å². The molecule has 0 spiro atoms. The third kappa shape index (κ3) is 5.13. The van der Waals surface area contributed by atoms with Crippen LogP contribution >= 0.6 is 11.8 Å². The minimum absolute atomic E-state index is 0.128. The molecule has 2 aromatic carbocycles. The average Bonchev–Trinajstić information content (AvgIpc) is 2.86. The van der Waals surface area contributed by atoms with E-state index >= 15 is 0 Å². The summed E-state index contributed by atoms with van der Waals surface area (Å²) in [6, 6.07) is 20.9. The Morgan fingerprint density at radius 2 is 1.80 bits per heavy atom. The second kappa shape index (κ2) is 9.64. The number of rotatable bonds is 6. The number of nitrogens with one attached hydrogen (secondary N) is 1. The monoisotopic (exact) mass is 486 g/mol. The van der Waals surface area contributed by atoms with Gasteiger partial charge in [-0.15, -0.1) is 0 Å². The van der Waals surface area contributed by atoms with E-state index in [1.807, 2.05) is 80.6 Å². The standard InChI is InChI=1S/C27H26N4O3S/c1-27(2)14-22-19(16-34-27)13-21-24(29-22)30-26(31(25(21)33)20-11-7-4-8-12-20)35-17-23(32)28-15-18-9-5-3-6-10-18/h3-13H,14-17H2,1-2H3,(H,28,32). The van der Waals surface area contributed by atoms with Crippen molar-refractivity contribution >= 4 is 28.7 Å². The summed E-state index contributed by atoms with van der Waals surface area (Å²) in [7, 11) is 0. The van der Waals surface area contributed by atoms with Crippen LogP contribution in [0.2, 0.25) is 0 Å². The fourth-order valence-corrected chi connectivity index (χ4v) is 4.89. The predicted molar refractivity (Wildman–Crippen MR) is 137 cm³/mol. The van der Waals surface area contributed by atoms with Gasteiger partial charge in [-0.05, 0) is 37.6 Å². The van der Waals surface area contributed by atoms with Crippen LogP contribution in [-0.4, -0.2) is 31.8 Å². The van der Waals surface area contributed by atoms with Crippen molar-refractivity contribution in [1.82, 2.24) is 19.9 Å². The Labute approximate surface area is 207 Å². The van der Waals surface area contributed by atoms with Gasteiger partial charge >= 0.3 is 0 Å². The third-order valence-corrected chi connectivity index (χ3v) is 6.83. The smallest absolute Gasteiger partial charge is 0.268 e. The molecule has 0 radical (unpaired) electrons. The van der Waals surface area contributed by atoms with Crippen LogP contribution in [0.25, 0.3) is 16.7 Å². The average molecular weight is 487 g/mol. The van der Waals surface area contributed by atoms with Crippen LogP contribution in [0, 0.1) is 0 Å². The molecule has 0 aliphatic carbocycles. The molecule has 0 fully saturated rings. The van der Waals surface area contributed by atoms with Crippen molar-refractivity contribution in [1.29, 1.82) is 0 Å². The molecule has 0 unspecified atom stereocenters. The van der Waals surface area contributed by atoms with Crippen molar-refractivity contribution in [2.45, 2.75) is 44.2 Å². The number of hydrogen-bond acceptors (Lipinski definition) is 6. The van der Waals surface area contributed by atoms with Crippen molar-refractivity contribution in [2.75, 3.05) is 5.75 Å². The van der Waals surface area contributed by atoms with E-state index in [1.165, 1.54) is 11.8 Å². The largest absolute Gasteiger partial charge is 0.370 e. The van der Waals surface area contributed by atoms with E-state index in [0.29, 0.717) is 41.4 Å². The molecule has 3 heterocycles. The zero-order valence-electron chi connectivity index (χ0n) is 19.7. The quantitative estimate of drug-likeness (QED) is 0.327. The molecule has 0 saturated heterocycles. The van der Waals surface area contributed by atoms with Gasteiger partial charge in [-0.3, -0.25) is 14.2 Å². The summed E-state index contributed by atoms with van der Waals surface area (Å²) < 4.78 is 7.48. The fourth-order valence-electron chi connectivity index (χ4n) is 4.06. The topological polar surface area (TPSA) is 86.1 Å². The van der Waals surface area contributed by atoms with Crippen LogP contribution in [0.15, 0.2) is 76.7 Å². The van der Waals surface area contributed by atoms with Gasteiger partial charge < -0.3 is 10.1 Å². The summed E-state index contributed by atoms with van der Waals surface area (Å²) in [5.74, 6) is -0.00576. The zero-order valence-corrected chi connectivity index (χ0v) is 20.5. The van der Waals surface area contributed by atoms with Crippen molar-refractivity contribution in [3.05, 3.63) is 93.9 Å². The van der Waals surface area contributed by atoms with E-state index in [2.05, 4.69) is 5.32 Å². The summed E-state index contributed by atoms with van der Waals surface area (Å²) in [5, 5.41) is 3.80. The van der Waals surface area contributed by atoms with E-state index < -0.39 is 0 Å². The number of carbonyl (C=O) groups is 1. The molecule has 2 aromatic heterocycles. The van der Waals surface area contributed by atoms with Gasteiger partial charge in [0, 0.05) is 18.5 Å². The summed E-state index contributed by atoms with van der Waals surface area (Å²) in [6.45, 7) is 4.91. The first-order chi connectivity index (χ1) is 16.9. The maximum Gasteiger partial charge on any atom is 0.268 e. The number of fused-ring (bicyclic) bond motifs is 2. The Morgan fingerprint density at radius 1 is 1.09 bits per heavy atom. The Balaban J connectivity index is 1.48. The molecule has 1 aliphatic rings. The van der Waals surface area contributed by atoms with Crippen LogP contribution in [0.4, 0.5) is 0 Å². The van der Waals surface area contributed by atoms with Crippen LogP contribution in [-0.2, 0) is 29.1 Å². The molecule has 7 nitrogen and oxygen atoms in total. The molecule has 1 aliphatic heterocycles. The summed E-state index contributed by atoms with van der Waals surface area (Å²) >= 11 is 1.23. The lowest BCUT2D eigenvalue weighted by Crippen LogP contribution is -2.33. The molecule has 0 atom stereocenters. The van der Waals surface area contributed by atoms with E-state index in [9.17, 15) is 9.59 Å². The number of benzene rings is 2. The van der Waals surface area contributed by atoms with Crippen molar-refractivity contribution in [3.63, 3.8) is 0 Å². The molecule has 0 bridgehead atoms. The highest BCUT2D eigenvalue weighted by atomic mass is 32.2. The van der Waals surface area contributed by atoms with E-state index in [-0.39, 0.29) is 22.8 Å². The zero-order chi connectivity index (χ0) is 24.4. The van der Waals surface area contributed by atoms with E-state index in [0.717, 1.165) is 16.8 Å². The van der Waals surface area contributed by atoms with E-state index in [1.54, 1.807) is 4.57 Å². The van der Waals surface area contributed by atoms with Gasteiger partial charge in [-0.1, -0.05) is 60.3 Å². The second-order valence-electron chi connectivity index (χ2n) is 9.11. The molecule has 8 heteroatoms. The molecule has 35 heavy (non-hydrogen) atoms. The second-order valence-corrected chi connectivity index (χ2v) is 10.1. The lowest BCUT2D eigenvalue weighted by molar-refractivity contribution is -0.118. The number of amides is 1. The number of pyridine rings is 1. The number of para-hydroxylation sites is 1. The first-order valence-corrected chi connectivity index (χ1v) is 12.5. The van der Waals surface area contributed by atoms with Gasteiger partial charge in [0.2, 0.25) is 5.91 Å².